The quantitative estimate of drug-likeness (QED) is 0.588. The lowest BCUT2D eigenvalue weighted by molar-refractivity contribution is -0.385. The van der Waals surface area contributed by atoms with Crippen LogP contribution < -0.4 is 0 Å². The molecule has 1 saturated heterocycles. The Balaban J connectivity index is 1.85. The van der Waals surface area contributed by atoms with Crippen molar-refractivity contribution in [1.82, 2.24) is 4.90 Å². The minimum atomic E-state index is -4.87. The van der Waals surface area contributed by atoms with E-state index in [1.165, 1.54) is 6.07 Å². The van der Waals surface area contributed by atoms with Crippen LogP contribution in [0.25, 0.3) is 6.08 Å². The first-order valence-corrected chi connectivity index (χ1v) is 7.08. The molecule has 2 aliphatic rings. The molecule has 0 aromatic heterocycles. The van der Waals surface area contributed by atoms with Gasteiger partial charge in [-0.25, -0.2) is 0 Å². The first kappa shape index (κ1) is 15.5. The lowest BCUT2D eigenvalue weighted by atomic mass is 9.74. The molecule has 1 aliphatic carbocycles. The van der Waals surface area contributed by atoms with E-state index in [-0.39, 0.29) is 18.8 Å². The lowest BCUT2D eigenvalue weighted by Gasteiger charge is -2.39. The molecule has 8 heteroatoms. The van der Waals surface area contributed by atoms with Crippen molar-refractivity contribution in [2.24, 2.45) is 0 Å². The Morgan fingerprint density at radius 1 is 1.26 bits per heavy atom. The zero-order chi connectivity index (χ0) is 16.8. The van der Waals surface area contributed by atoms with Gasteiger partial charge in [-0.2, -0.15) is 13.2 Å². The predicted octanol–water partition coefficient (Wildman–Crippen LogP) is 3.04. The summed E-state index contributed by atoms with van der Waals surface area (Å²) in [6, 6.07) is 4.76. The minimum absolute atomic E-state index is 0.00979. The number of fused-ring (bicyclic) bond motifs is 2. The van der Waals surface area contributed by atoms with Gasteiger partial charge in [0.15, 0.2) is 0 Å². The molecular formula is C15H13F3N2O3. The van der Waals surface area contributed by atoms with E-state index in [2.05, 4.69) is 0 Å². The van der Waals surface area contributed by atoms with Crippen LogP contribution in [0.5, 0.6) is 0 Å². The molecule has 0 saturated carbocycles. The number of halogens is 3. The molecule has 3 rings (SSSR count). The number of nitrogens with zero attached hydrogens (tertiary/aromatic N) is 2. The Morgan fingerprint density at radius 2 is 1.91 bits per heavy atom. The predicted molar refractivity (Wildman–Crippen MR) is 75.7 cm³/mol. The maximum atomic E-state index is 12.5. The second-order valence-electron chi connectivity index (χ2n) is 5.77. The highest BCUT2D eigenvalue weighted by molar-refractivity contribution is 5.82. The zero-order valence-electron chi connectivity index (χ0n) is 12.0. The zero-order valence-corrected chi connectivity index (χ0v) is 12.0. The van der Waals surface area contributed by atoms with Crippen molar-refractivity contribution in [2.45, 2.75) is 24.4 Å². The third-order valence-corrected chi connectivity index (χ3v) is 4.57. The maximum Gasteiger partial charge on any atom is 0.471 e. The third-order valence-electron chi connectivity index (χ3n) is 4.57. The van der Waals surface area contributed by atoms with E-state index < -0.39 is 22.4 Å². The van der Waals surface area contributed by atoms with Crippen LogP contribution in [-0.4, -0.2) is 35.0 Å². The number of hydrogen-bond acceptors (Lipinski definition) is 3. The van der Waals surface area contributed by atoms with E-state index in [4.69, 9.17) is 0 Å². The van der Waals surface area contributed by atoms with Gasteiger partial charge in [-0.1, -0.05) is 24.3 Å². The van der Waals surface area contributed by atoms with E-state index >= 15 is 0 Å². The van der Waals surface area contributed by atoms with Gasteiger partial charge in [-0.05, 0) is 18.4 Å². The highest BCUT2D eigenvalue weighted by Crippen LogP contribution is 2.46. The molecule has 23 heavy (non-hydrogen) atoms. The van der Waals surface area contributed by atoms with Crippen molar-refractivity contribution in [3.05, 3.63) is 45.5 Å². The van der Waals surface area contributed by atoms with Crippen molar-refractivity contribution in [3.8, 4) is 0 Å². The summed E-state index contributed by atoms with van der Waals surface area (Å²) >= 11 is 0. The Bertz CT molecular complexity index is 704. The van der Waals surface area contributed by atoms with Crippen LogP contribution in [-0.2, 0) is 10.2 Å². The summed E-state index contributed by atoms with van der Waals surface area (Å²) in [5.41, 5.74) is 0.729. The van der Waals surface area contributed by atoms with Gasteiger partial charge in [0.25, 0.3) is 5.69 Å². The molecule has 1 spiro atoms. The van der Waals surface area contributed by atoms with Crippen molar-refractivity contribution in [1.29, 1.82) is 0 Å². The third kappa shape index (κ3) is 2.47. The van der Waals surface area contributed by atoms with Crippen molar-refractivity contribution >= 4 is 17.7 Å². The number of likely N-dealkylation sites (tertiary alicyclic amines) is 1. The summed E-state index contributed by atoms with van der Waals surface area (Å²) in [5.74, 6) is -1.83. The number of nitro groups is 1. The fraction of sp³-hybridized carbons (Fsp3) is 0.400. The highest BCUT2D eigenvalue weighted by atomic mass is 19.4. The van der Waals surface area contributed by atoms with Crippen LogP contribution in [0.3, 0.4) is 0 Å². The normalized spacial score (nSPS) is 19.0. The number of amides is 1. The molecular weight excluding hydrogens is 313 g/mol. The number of carbonyl (C=O) groups is 1. The first-order valence-electron chi connectivity index (χ1n) is 7.08. The number of piperidine rings is 1. The molecule has 0 bridgehead atoms. The number of allylic oxidation sites excluding steroid dienone is 1. The minimum Gasteiger partial charge on any atom is -0.335 e. The molecule has 0 atom stereocenters. The number of hydrogen-bond donors (Lipinski definition) is 0. The van der Waals surface area contributed by atoms with Gasteiger partial charge < -0.3 is 4.90 Å². The van der Waals surface area contributed by atoms with Crippen molar-refractivity contribution < 1.29 is 22.9 Å². The summed E-state index contributed by atoms with van der Waals surface area (Å²) < 4.78 is 37.5. The molecule has 1 heterocycles. The number of carbonyl (C=O) groups excluding carboxylic acids is 1. The number of alkyl halides is 3. The van der Waals surface area contributed by atoms with Crippen LogP contribution >= 0.6 is 0 Å². The molecule has 5 nitrogen and oxygen atoms in total. The average Bonchev–Trinajstić information content (AvgIpc) is 2.85. The van der Waals surface area contributed by atoms with Gasteiger partial charge in [0, 0.05) is 24.6 Å². The standard InChI is InChI=1S/C15H13F3N2O3/c16-15(17,18)13(21)19-8-6-14(7-9-19)5-4-10-11(14)2-1-3-12(10)20(22)23/h1-5H,6-9H2. The Hall–Kier alpha value is -2.38. The van der Waals surface area contributed by atoms with E-state index in [9.17, 15) is 28.1 Å². The largest absolute Gasteiger partial charge is 0.471 e. The summed E-state index contributed by atoms with van der Waals surface area (Å²) in [7, 11) is 0. The summed E-state index contributed by atoms with van der Waals surface area (Å²) in [5, 5.41) is 11.1. The summed E-state index contributed by atoms with van der Waals surface area (Å²) in [6.45, 7) is -0.0460. The van der Waals surface area contributed by atoms with Crippen LogP contribution in [0.1, 0.15) is 24.0 Å². The number of nitro benzene ring substituents is 1. The Morgan fingerprint density at radius 3 is 2.48 bits per heavy atom. The second-order valence-corrected chi connectivity index (χ2v) is 5.77. The number of rotatable bonds is 1. The van der Waals surface area contributed by atoms with Gasteiger partial charge in [0.2, 0.25) is 0 Å². The van der Waals surface area contributed by atoms with Crippen LogP contribution in [0.15, 0.2) is 24.3 Å². The summed E-state index contributed by atoms with van der Waals surface area (Å²) in [6.07, 6.45) is -0.750. The topological polar surface area (TPSA) is 63.5 Å². The van der Waals surface area contributed by atoms with E-state index in [1.54, 1.807) is 18.2 Å². The van der Waals surface area contributed by atoms with Crippen LogP contribution in [0.2, 0.25) is 0 Å². The van der Waals surface area contributed by atoms with Gasteiger partial charge in [0.05, 0.1) is 10.5 Å². The molecule has 0 N–H and O–H groups in total. The lowest BCUT2D eigenvalue weighted by Crippen LogP contribution is -2.48. The number of benzene rings is 1. The van der Waals surface area contributed by atoms with Crippen LogP contribution in [0.4, 0.5) is 18.9 Å². The van der Waals surface area contributed by atoms with Gasteiger partial charge in [-0.15, -0.1) is 0 Å². The van der Waals surface area contributed by atoms with Crippen LogP contribution in [0, 0.1) is 10.1 Å². The maximum absolute atomic E-state index is 12.5. The van der Waals surface area contributed by atoms with Crippen molar-refractivity contribution in [3.63, 3.8) is 0 Å². The smallest absolute Gasteiger partial charge is 0.335 e. The highest BCUT2D eigenvalue weighted by Gasteiger charge is 2.47. The summed E-state index contributed by atoms with van der Waals surface area (Å²) in [4.78, 5) is 22.7. The van der Waals surface area contributed by atoms with E-state index in [1.807, 2.05) is 6.08 Å². The Kier molecular flexibility index (Phi) is 3.42. The Labute approximate surface area is 129 Å². The van der Waals surface area contributed by atoms with Crippen molar-refractivity contribution in [2.75, 3.05) is 13.1 Å². The molecule has 0 radical (unpaired) electrons. The average molecular weight is 326 g/mol. The molecule has 1 aliphatic heterocycles. The fourth-order valence-electron chi connectivity index (χ4n) is 3.38. The van der Waals surface area contributed by atoms with Gasteiger partial charge >= 0.3 is 12.1 Å². The van der Waals surface area contributed by atoms with E-state index in [0.717, 1.165) is 10.5 Å². The molecule has 1 aromatic rings. The van der Waals surface area contributed by atoms with E-state index in [0.29, 0.717) is 18.4 Å². The SMILES string of the molecule is O=C(N1CCC2(C=Cc3c([N+](=O)[O-])cccc32)CC1)C(F)(F)F. The molecule has 122 valence electrons. The van der Waals surface area contributed by atoms with Gasteiger partial charge in [-0.3, -0.25) is 14.9 Å². The molecule has 1 fully saturated rings. The second kappa shape index (κ2) is 5.07. The first-order chi connectivity index (χ1) is 10.7. The molecule has 1 aromatic carbocycles. The van der Waals surface area contributed by atoms with Gasteiger partial charge in [0.1, 0.15) is 0 Å². The fourth-order valence-corrected chi connectivity index (χ4v) is 3.38. The molecule has 0 unspecified atom stereocenters. The monoisotopic (exact) mass is 326 g/mol. The molecule has 1 amide bonds.